The molecule has 0 saturated carbocycles. The highest BCUT2D eigenvalue weighted by molar-refractivity contribution is 7.09. The van der Waals surface area contributed by atoms with Gasteiger partial charge < -0.3 is 10.2 Å². The van der Waals surface area contributed by atoms with Crippen LogP contribution >= 0.6 is 11.3 Å². The van der Waals surface area contributed by atoms with Crippen LogP contribution in [-0.4, -0.2) is 47.3 Å². The fourth-order valence-corrected chi connectivity index (χ4v) is 3.66. The summed E-state index contributed by atoms with van der Waals surface area (Å²) in [5, 5.41) is 9.18. The maximum atomic E-state index is 11.6. The van der Waals surface area contributed by atoms with Crippen molar-refractivity contribution in [1.29, 1.82) is 0 Å². The second-order valence-corrected chi connectivity index (χ2v) is 6.72. The van der Waals surface area contributed by atoms with Crippen molar-refractivity contribution in [3.63, 3.8) is 0 Å². The Labute approximate surface area is 134 Å². The largest absolute Gasteiger partial charge is 0.354 e. The van der Waals surface area contributed by atoms with Crippen LogP contribution in [0.3, 0.4) is 0 Å². The van der Waals surface area contributed by atoms with E-state index in [4.69, 9.17) is 0 Å². The molecule has 0 unspecified atom stereocenters. The fourth-order valence-electron chi connectivity index (χ4n) is 2.96. The molecule has 0 radical (unpaired) electrons. The van der Waals surface area contributed by atoms with E-state index in [9.17, 15) is 4.79 Å². The van der Waals surface area contributed by atoms with Gasteiger partial charge in [-0.2, -0.15) is 5.10 Å². The standard InChI is InChI=1S/C16H22N4OS/c1-17-16(21)15-7-10-20(18-15)13-4-2-8-19(12-13)9-6-14-5-3-11-22-14/h3,5,7,10-11,13H,2,4,6,8-9,12H2,1H3,(H,17,21)/t13-/m1/s1. The predicted octanol–water partition coefficient (Wildman–Crippen LogP) is 2.18. The van der Waals surface area contributed by atoms with Gasteiger partial charge in [-0.05, 0) is 43.3 Å². The maximum Gasteiger partial charge on any atom is 0.271 e. The molecule has 118 valence electrons. The van der Waals surface area contributed by atoms with Gasteiger partial charge in [-0.25, -0.2) is 0 Å². The zero-order valence-corrected chi connectivity index (χ0v) is 13.7. The van der Waals surface area contributed by atoms with Crippen LogP contribution in [-0.2, 0) is 6.42 Å². The summed E-state index contributed by atoms with van der Waals surface area (Å²) in [5.41, 5.74) is 0.498. The molecule has 0 bridgehead atoms. The van der Waals surface area contributed by atoms with E-state index < -0.39 is 0 Å². The Kier molecular flexibility index (Phi) is 4.90. The molecule has 1 saturated heterocycles. The second kappa shape index (κ2) is 7.07. The van der Waals surface area contributed by atoms with Crippen LogP contribution in [0.2, 0.25) is 0 Å². The van der Waals surface area contributed by atoms with Crippen molar-refractivity contribution in [2.24, 2.45) is 0 Å². The van der Waals surface area contributed by atoms with E-state index in [1.54, 1.807) is 13.1 Å². The summed E-state index contributed by atoms with van der Waals surface area (Å²) in [6.45, 7) is 3.27. The van der Waals surface area contributed by atoms with E-state index in [1.807, 2.05) is 22.2 Å². The predicted molar refractivity (Wildman–Crippen MR) is 88.4 cm³/mol. The molecule has 5 nitrogen and oxygen atoms in total. The highest BCUT2D eigenvalue weighted by atomic mass is 32.1. The van der Waals surface area contributed by atoms with Gasteiger partial charge in [0.1, 0.15) is 5.69 Å². The summed E-state index contributed by atoms with van der Waals surface area (Å²) >= 11 is 1.83. The summed E-state index contributed by atoms with van der Waals surface area (Å²) in [4.78, 5) is 15.6. The quantitative estimate of drug-likeness (QED) is 0.919. The lowest BCUT2D eigenvalue weighted by Gasteiger charge is -2.32. The molecule has 3 rings (SSSR count). The molecule has 0 aromatic carbocycles. The van der Waals surface area contributed by atoms with Crippen molar-refractivity contribution in [3.8, 4) is 0 Å². The number of likely N-dealkylation sites (tertiary alicyclic amines) is 1. The van der Waals surface area contributed by atoms with Gasteiger partial charge in [0.2, 0.25) is 0 Å². The van der Waals surface area contributed by atoms with Crippen molar-refractivity contribution in [3.05, 3.63) is 40.3 Å². The van der Waals surface area contributed by atoms with E-state index in [2.05, 4.69) is 32.8 Å². The van der Waals surface area contributed by atoms with E-state index in [0.29, 0.717) is 11.7 Å². The van der Waals surface area contributed by atoms with Crippen molar-refractivity contribution in [2.75, 3.05) is 26.7 Å². The molecule has 2 aromatic heterocycles. The first kappa shape index (κ1) is 15.2. The van der Waals surface area contributed by atoms with Crippen LogP contribution in [0.25, 0.3) is 0 Å². The molecule has 6 heteroatoms. The highest BCUT2D eigenvalue weighted by Gasteiger charge is 2.22. The molecule has 22 heavy (non-hydrogen) atoms. The number of amides is 1. The lowest BCUT2D eigenvalue weighted by Crippen LogP contribution is -2.38. The van der Waals surface area contributed by atoms with Gasteiger partial charge in [-0.15, -0.1) is 11.3 Å². The smallest absolute Gasteiger partial charge is 0.271 e. The second-order valence-electron chi connectivity index (χ2n) is 5.69. The molecule has 1 N–H and O–H groups in total. The van der Waals surface area contributed by atoms with Crippen LogP contribution in [0, 0.1) is 0 Å². The number of piperidine rings is 1. The van der Waals surface area contributed by atoms with Crippen molar-refractivity contribution < 1.29 is 4.79 Å². The number of rotatable bonds is 5. The third kappa shape index (κ3) is 3.56. The van der Waals surface area contributed by atoms with Gasteiger partial charge >= 0.3 is 0 Å². The van der Waals surface area contributed by atoms with Gasteiger partial charge in [-0.3, -0.25) is 9.48 Å². The Morgan fingerprint density at radius 2 is 2.41 bits per heavy atom. The lowest BCUT2D eigenvalue weighted by atomic mass is 10.1. The van der Waals surface area contributed by atoms with Gasteiger partial charge in [0.15, 0.2) is 0 Å². The number of aromatic nitrogens is 2. The minimum atomic E-state index is -0.121. The van der Waals surface area contributed by atoms with Crippen LogP contribution in [0.4, 0.5) is 0 Å². The molecule has 0 spiro atoms. The Morgan fingerprint density at radius 1 is 1.50 bits per heavy atom. The fraction of sp³-hybridized carbons (Fsp3) is 0.500. The molecule has 3 heterocycles. The normalized spacial score (nSPS) is 19.2. The monoisotopic (exact) mass is 318 g/mol. The Bertz CT molecular complexity index is 607. The third-order valence-electron chi connectivity index (χ3n) is 4.18. The zero-order chi connectivity index (χ0) is 15.4. The van der Waals surface area contributed by atoms with Gasteiger partial charge in [-0.1, -0.05) is 6.07 Å². The zero-order valence-electron chi connectivity index (χ0n) is 12.9. The molecule has 1 aliphatic heterocycles. The molecular formula is C16H22N4OS. The number of thiophene rings is 1. The van der Waals surface area contributed by atoms with Crippen LogP contribution in [0.1, 0.15) is 34.2 Å². The number of carbonyl (C=O) groups excluding carboxylic acids is 1. The van der Waals surface area contributed by atoms with Crippen molar-refractivity contribution >= 4 is 17.2 Å². The summed E-state index contributed by atoms with van der Waals surface area (Å²) in [6.07, 6.45) is 5.36. The SMILES string of the molecule is CNC(=O)c1ccn([C@@H]2CCCN(CCc3cccs3)C2)n1. The number of nitrogens with zero attached hydrogens (tertiary/aromatic N) is 3. The van der Waals surface area contributed by atoms with Crippen molar-refractivity contribution in [1.82, 2.24) is 20.0 Å². The number of nitrogens with one attached hydrogen (secondary N) is 1. The minimum Gasteiger partial charge on any atom is -0.354 e. The van der Waals surface area contributed by atoms with E-state index in [1.165, 1.54) is 11.3 Å². The first-order chi connectivity index (χ1) is 10.8. The first-order valence-corrected chi connectivity index (χ1v) is 8.66. The molecule has 1 aliphatic rings. The lowest BCUT2D eigenvalue weighted by molar-refractivity contribution is 0.0956. The highest BCUT2D eigenvalue weighted by Crippen LogP contribution is 2.21. The molecule has 0 aliphatic carbocycles. The average molecular weight is 318 g/mol. The Morgan fingerprint density at radius 3 is 3.18 bits per heavy atom. The summed E-state index contributed by atoms with van der Waals surface area (Å²) in [5.74, 6) is -0.121. The molecular weight excluding hydrogens is 296 g/mol. The number of carbonyl (C=O) groups is 1. The van der Waals surface area contributed by atoms with Crippen molar-refractivity contribution in [2.45, 2.75) is 25.3 Å². The number of hydrogen-bond donors (Lipinski definition) is 1. The van der Waals surface area contributed by atoms with E-state index in [-0.39, 0.29) is 5.91 Å². The molecule has 1 fully saturated rings. The molecule has 2 aromatic rings. The average Bonchev–Trinajstić information content (AvgIpc) is 3.24. The maximum absolute atomic E-state index is 11.6. The minimum absolute atomic E-state index is 0.121. The third-order valence-corrected chi connectivity index (χ3v) is 5.11. The summed E-state index contributed by atoms with van der Waals surface area (Å²) in [6, 6.07) is 6.48. The van der Waals surface area contributed by atoms with Gasteiger partial charge in [0.25, 0.3) is 5.91 Å². The van der Waals surface area contributed by atoms with Crippen LogP contribution < -0.4 is 5.32 Å². The molecule has 1 amide bonds. The Hall–Kier alpha value is -1.66. The van der Waals surface area contributed by atoms with E-state index >= 15 is 0 Å². The van der Waals surface area contributed by atoms with Crippen LogP contribution in [0.5, 0.6) is 0 Å². The topological polar surface area (TPSA) is 50.2 Å². The number of hydrogen-bond acceptors (Lipinski definition) is 4. The summed E-state index contributed by atoms with van der Waals surface area (Å²) < 4.78 is 1.96. The molecule has 1 atom stereocenters. The van der Waals surface area contributed by atoms with Gasteiger partial charge in [0.05, 0.1) is 6.04 Å². The summed E-state index contributed by atoms with van der Waals surface area (Å²) in [7, 11) is 1.63. The van der Waals surface area contributed by atoms with E-state index in [0.717, 1.165) is 32.5 Å². The Balaban J connectivity index is 1.58. The van der Waals surface area contributed by atoms with Gasteiger partial charge in [0, 0.05) is 31.2 Å². The van der Waals surface area contributed by atoms with Crippen LogP contribution in [0.15, 0.2) is 29.8 Å². The first-order valence-electron chi connectivity index (χ1n) is 7.78.